The highest BCUT2D eigenvalue weighted by Gasteiger charge is 2.41. The zero-order valence-corrected chi connectivity index (χ0v) is 14.7. The van der Waals surface area contributed by atoms with Gasteiger partial charge in [-0.3, -0.25) is 9.69 Å². The number of likely N-dealkylation sites (tertiary alicyclic amines) is 2. The van der Waals surface area contributed by atoms with Crippen LogP contribution in [0.5, 0.6) is 0 Å². The molecule has 1 atom stereocenters. The van der Waals surface area contributed by atoms with Crippen LogP contribution in [-0.2, 0) is 11.3 Å². The molecule has 2 heterocycles. The number of carbonyl (C=O) groups is 1. The van der Waals surface area contributed by atoms with E-state index in [1.807, 2.05) is 0 Å². The Morgan fingerprint density at radius 3 is 2.52 bits per heavy atom. The number of carbonyl (C=O) groups excluding carboxylic acids is 1. The van der Waals surface area contributed by atoms with Gasteiger partial charge in [0.25, 0.3) is 0 Å². The second-order valence-electron chi connectivity index (χ2n) is 7.57. The van der Waals surface area contributed by atoms with Crippen molar-refractivity contribution in [2.45, 2.75) is 32.7 Å². The maximum atomic E-state index is 11.7. The number of nitrogens with zero attached hydrogens (tertiary/aromatic N) is 3. The highest BCUT2D eigenvalue weighted by molar-refractivity contribution is 5.73. The molecule has 1 spiro atoms. The number of anilines is 1. The fourth-order valence-corrected chi connectivity index (χ4v) is 4.13. The molecule has 0 N–H and O–H groups in total. The first-order valence-electron chi connectivity index (χ1n) is 8.72. The number of rotatable bonds is 3. The molecule has 2 saturated heterocycles. The van der Waals surface area contributed by atoms with Gasteiger partial charge in [-0.05, 0) is 43.5 Å². The van der Waals surface area contributed by atoms with Gasteiger partial charge in [0, 0.05) is 58.3 Å². The summed E-state index contributed by atoms with van der Waals surface area (Å²) >= 11 is 0. The molecule has 0 radical (unpaired) electrons. The van der Waals surface area contributed by atoms with Crippen LogP contribution in [0.3, 0.4) is 0 Å². The molecule has 4 heteroatoms. The Morgan fingerprint density at radius 1 is 1.13 bits per heavy atom. The van der Waals surface area contributed by atoms with Gasteiger partial charge in [0.1, 0.15) is 0 Å². The van der Waals surface area contributed by atoms with Gasteiger partial charge in [-0.1, -0.05) is 12.1 Å². The van der Waals surface area contributed by atoms with Gasteiger partial charge in [-0.15, -0.1) is 0 Å². The summed E-state index contributed by atoms with van der Waals surface area (Å²) in [4.78, 5) is 18.5. The zero-order chi connectivity index (χ0) is 16.4. The van der Waals surface area contributed by atoms with Gasteiger partial charge in [-0.2, -0.15) is 0 Å². The van der Waals surface area contributed by atoms with Crippen molar-refractivity contribution in [3.05, 3.63) is 29.8 Å². The van der Waals surface area contributed by atoms with Crippen LogP contribution in [0, 0.1) is 5.41 Å². The lowest BCUT2D eigenvalue weighted by atomic mass is 9.79. The van der Waals surface area contributed by atoms with Crippen molar-refractivity contribution in [2.24, 2.45) is 5.41 Å². The van der Waals surface area contributed by atoms with Gasteiger partial charge < -0.3 is 9.80 Å². The second-order valence-corrected chi connectivity index (χ2v) is 7.57. The molecule has 0 bridgehead atoms. The lowest BCUT2D eigenvalue weighted by Crippen LogP contribution is -2.46. The Kier molecular flexibility index (Phi) is 4.62. The van der Waals surface area contributed by atoms with Crippen molar-refractivity contribution in [2.75, 3.05) is 45.2 Å². The minimum atomic E-state index is 0.238. The molecule has 1 aromatic rings. The summed E-state index contributed by atoms with van der Waals surface area (Å²) in [6.07, 6.45) is 3.66. The summed E-state index contributed by atoms with van der Waals surface area (Å²) in [5, 5.41) is 0. The monoisotopic (exact) mass is 315 g/mol. The van der Waals surface area contributed by atoms with Crippen molar-refractivity contribution in [1.29, 1.82) is 0 Å². The quantitative estimate of drug-likeness (QED) is 0.858. The minimum Gasteiger partial charge on any atom is -0.378 e. The van der Waals surface area contributed by atoms with Crippen LogP contribution in [0.25, 0.3) is 0 Å². The summed E-state index contributed by atoms with van der Waals surface area (Å²) in [6, 6.07) is 8.87. The van der Waals surface area contributed by atoms with E-state index in [9.17, 15) is 4.79 Å². The maximum absolute atomic E-state index is 11.7. The van der Waals surface area contributed by atoms with Gasteiger partial charge >= 0.3 is 0 Å². The van der Waals surface area contributed by atoms with Gasteiger partial charge in [0.2, 0.25) is 5.91 Å². The lowest BCUT2D eigenvalue weighted by molar-refractivity contribution is -0.132. The topological polar surface area (TPSA) is 26.8 Å². The SMILES string of the molecule is CC(=O)N1CCCC2(CCN(Cc3ccc(N(C)C)cc3)C2)C1. The van der Waals surface area contributed by atoms with E-state index in [2.05, 4.69) is 53.1 Å². The first-order chi connectivity index (χ1) is 11.0. The van der Waals surface area contributed by atoms with Crippen molar-refractivity contribution < 1.29 is 4.79 Å². The molecule has 1 aromatic carbocycles. The van der Waals surface area contributed by atoms with Crippen molar-refractivity contribution in [3.63, 3.8) is 0 Å². The smallest absolute Gasteiger partial charge is 0.219 e. The predicted molar refractivity (Wildman–Crippen MR) is 94.6 cm³/mol. The Labute approximate surface area is 140 Å². The minimum absolute atomic E-state index is 0.238. The van der Waals surface area contributed by atoms with Crippen LogP contribution in [0.2, 0.25) is 0 Å². The van der Waals surface area contributed by atoms with Crippen LogP contribution >= 0.6 is 0 Å². The third-order valence-corrected chi connectivity index (χ3v) is 5.48. The molecule has 0 aliphatic carbocycles. The van der Waals surface area contributed by atoms with Crippen LogP contribution in [0.4, 0.5) is 5.69 Å². The molecular formula is C19H29N3O. The molecular weight excluding hydrogens is 286 g/mol. The summed E-state index contributed by atoms with van der Waals surface area (Å²) in [5.41, 5.74) is 2.97. The van der Waals surface area contributed by atoms with Gasteiger partial charge in [0.15, 0.2) is 0 Å². The van der Waals surface area contributed by atoms with E-state index < -0.39 is 0 Å². The number of piperidine rings is 1. The van der Waals surface area contributed by atoms with E-state index in [0.717, 1.165) is 39.1 Å². The van der Waals surface area contributed by atoms with E-state index in [1.165, 1.54) is 24.1 Å². The van der Waals surface area contributed by atoms with Crippen LogP contribution in [0.1, 0.15) is 31.7 Å². The molecule has 0 aromatic heterocycles. The second kappa shape index (κ2) is 6.52. The van der Waals surface area contributed by atoms with Crippen molar-refractivity contribution in [3.8, 4) is 0 Å². The molecule has 1 unspecified atom stereocenters. The first kappa shape index (κ1) is 16.3. The fraction of sp³-hybridized carbons (Fsp3) is 0.632. The number of amides is 1. The molecule has 2 fully saturated rings. The van der Waals surface area contributed by atoms with Crippen LogP contribution < -0.4 is 4.90 Å². The molecule has 1 amide bonds. The van der Waals surface area contributed by atoms with E-state index in [-0.39, 0.29) is 5.91 Å². The standard InChI is InChI=1S/C19H29N3O/c1-16(23)22-11-4-9-19(15-22)10-12-21(14-19)13-17-5-7-18(8-6-17)20(2)3/h5-8H,4,9-15H2,1-3H3. The number of benzene rings is 1. The third-order valence-electron chi connectivity index (χ3n) is 5.48. The first-order valence-corrected chi connectivity index (χ1v) is 8.72. The summed E-state index contributed by atoms with van der Waals surface area (Å²) in [5.74, 6) is 0.238. The highest BCUT2D eigenvalue weighted by Crippen LogP contribution is 2.39. The molecule has 3 rings (SSSR count). The average molecular weight is 315 g/mol. The fourth-order valence-electron chi connectivity index (χ4n) is 4.13. The van der Waals surface area contributed by atoms with Gasteiger partial charge in [0.05, 0.1) is 0 Å². The number of hydrogen-bond donors (Lipinski definition) is 0. The highest BCUT2D eigenvalue weighted by atomic mass is 16.2. The van der Waals surface area contributed by atoms with Crippen LogP contribution in [0.15, 0.2) is 24.3 Å². The Bertz CT molecular complexity index is 554. The lowest BCUT2D eigenvalue weighted by Gasteiger charge is -2.40. The molecule has 126 valence electrons. The Balaban J connectivity index is 1.60. The molecule has 2 aliphatic rings. The zero-order valence-electron chi connectivity index (χ0n) is 14.7. The van der Waals surface area contributed by atoms with E-state index in [1.54, 1.807) is 6.92 Å². The molecule has 23 heavy (non-hydrogen) atoms. The summed E-state index contributed by atoms with van der Waals surface area (Å²) in [6.45, 7) is 6.92. The van der Waals surface area contributed by atoms with E-state index in [0.29, 0.717) is 5.41 Å². The van der Waals surface area contributed by atoms with Crippen molar-refractivity contribution >= 4 is 11.6 Å². The predicted octanol–water partition coefficient (Wildman–Crippen LogP) is 2.59. The van der Waals surface area contributed by atoms with E-state index in [4.69, 9.17) is 0 Å². The van der Waals surface area contributed by atoms with E-state index >= 15 is 0 Å². The van der Waals surface area contributed by atoms with Crippen molar-refractivity contribution in [1.82, 2.24) is 9.80 Å². The normalized spacial score (nSPS) is 25.1. The van der Waals surface area contributed by atoms with Gasteiger partial charge in [-0.25, -0.2) is 0 Å². The maximum Gasteiger partial charge on any atom is 0.219 e. The van der Waals surface area contributed by atoms with Crippen LogP contribution in [-0.4, -0.2) is 56.0 Å². The third kappa shape index (κ3) is 3.69. The molecule has 0 saturated carbocycles. The largest absolute Gasteiger partial charge is 0.378 e. The number of hydrogen-bond acceptors (Lipinski definition) is 3. The Morgan fingerprint density at radius 2 is 1.87 bits per heavy atom. The molecule has 2 aliphatic heterocycles. The molecule has 4 nitrogen and oxygen atoms in total. The summed E-state index contributed by atoms with van der Waals surface area (Å²) < 4.78 is 0. The Hall–Kier alpha value is -1.55. The average Bonchev–Trinajstić information content (AvgIpc) is 2.90. The summed E-state index contributed by atoms with van der Waals surface area (Å²) in [7, 11) is 4.15.